The highest BCUT2D eigenvalue weighted by molar-refractivity contribution is 5.42. The number of aromatic nitrogens is 4. The average molecular weight is 241 g/mol. The van der Waals surface area contributed by atoms with Crippen LogP contribution in [0.5, 0.6) is 0 Å². The van der Waals surface area contributed by atoms with E-state index in [2.05, 4.69) is 10.1 Å². The zero-order valence-corrected chi connectivity index (χ0v) is 9.52. The Bertz CT molecular complexity index is 758. The van der Waals surface area contributed by atoms with Crippen molar-refractivity contribution < 1.29 is 0 Å². The van der Waals surface area contributed by atoms with Crippen LogP contribution in [0, 0.1) is 0 Å². The molecule has 0 aliphatic rings. The fraction of sp³-hybridized carbons (Fsp3) is 0.0833. The molecule has 18 heavy (non-hydrogen) atoms. The van der Waals surface area contributed by atoms with Crippen LogP contribution in [-0.4, -0.2) is 19.2 Å². The molecular weight excluding hydrogens is 230 g/mol. The molecule has 0 aliphatic carbocycles. The van der Waals surface area contributed by atoms with Crippen molar-refractivity contribution in [1.29, 1.82) is 0 Å². The Morgan fingerprint density at radius 3 is 2.94 bits per heavy atom. The SMILES string of the molecule is Nc1ccnc(Cn2ccn3nccc3c2=O)c1. The quantitative estimate of drug-likeness (QED) is 0.709. The van der Waals surface area contributed by atoms with Crippen LogP contribution in [0.3, 0.4) is 0 Å². The maximum absolute atomic E-state index is 12.1. The first-order chi connectivity index (χ1) is 8.74. The van der Waals surface area contributed by atoms with Gasteiger partial charge in [-0.2, -0.15) is 5.10 Å². The smallest absolute Gasteiger partial charge is 0.276 e. The molecule has 3 aromatic rings. The third-order valence-corrected chi connectivity index (χ3v) is 2.71. The summed E-state index contributed by atoms with van der Waals surface area (Å²) in [5, 5.41) is 4.01. The first kappa shape index (κ1) is 10.5. The van der Waals surface area contributed by atoms with Gasteiger partial charge in [-0.05, 0) is 18.2 Å². The van der Waals surface area contributed by atoms with Crippen molar-refractivity contribution in [2.75, 3.05) is 5.73 Å². The number of anilines is 1. The largest absolute Gasteiger partial charge is 0.399 e. The van der Waals surface area contributed by atoms with E-state index in [1.807, 2.05) is 0 Å². The van der Waals surface area contributed by atoms with Crippen molar-refractivity contribution in [3.05, 3.63) is 59.0 Å². The highest BCUT2D eigenvalue weighted by atomic mass is 16.1. The van der Waals surface area contributed by atoms with Crippen LogP contribution in [0.15, 0.2) is 47.8 Å². The number of nitrogen functional groups attached to an aromatic ring is 1. The van der Waals surface area contributed by atoms with Gasteiger partial charge in [-0.25, -0.2) is 4.52 Å². The van der Waals surface area contributed by atoms with Crippen LogP contribution < -0.4 is 11.3 Å². The van der Waals surface area contributed by atoms with Gasteiger partial charge in [-0.1, -0.05) is 0 Å². The van der Waals surface area contributed by atoms with Crippen molar-refractivity contribution in [3.8, 4) is 0 Å². The summed E-state index contributed by atoms with van der Waals surface area (Å²) in [7, 11) is 0. The van der Waals surface area contributed by atoms with E-state index in [-0.39, 0.29) is 5.56 Å². The van der Waals surface area contributed by atoms with Gasteiger partial charge < -0.3 is 10.3 Å². The van der Waals surface area contributed by atoms with Crippen LogP contribution >= 0.6 is 0 Å². The fourth-order valence-corrected chi connectivity index (χ4v) is 1.84. The fourth-order valence-electron chi connectivity index (χ4n) is 1.84. The minimum Gasteiger partial charge on any atom is -0.399 e. The zero-order chi connectivity index (χ0) is 12.5. The minimum atomic E-state index is -0.0979. The van der Waals surface area contributed by atoms with Crippen LogP contribution in [0.25, 0.3) is 5.52 Å². The van der Waals surface area contributed by atoms with E-state index < -0.39 is 0 Å². The number of nitrogens with two attached hydrogens (primary N) is 1. The highest BCUT2D eigenvalue weighted by Crippen LogP contribution is 2.04. The summed E-state index contributed by atoms with van der Waals surface area (Å²) in [5.74, 6) is 0. The number of hydrogen-bond acceptors (Lipinski definition) is 4. The summed E-state index contributed by atoms with van der Waals surface area (Å²) < 4.78 is 3.13. The van der Waals surface area contributed by atoms with Crippen LogP contribution in [0.1, 0.15) is 5.69 Å². The van der Waals surface area contributed by atoms with Crippen LogP contribution in [0.4, 0.5) is 5.69 Å². The van der Waals surface area contributed by atoms with Gasteiger partial charge in [0.25, 0.3) is 5.56 Å². The molecule has 0 bridgehead atoms. The average Bonchev–Trinajstić information content (AvgIpc) is 2.82. The molecule has 6 nitrogen and oxygen atoms in total. The molecule has 0 aromatic carbocycles. The van der Waals surface area contributed by atoms with Crippen molar-refractivity contribution in [2.45, 2.75) is 6.54 Å². The number of nitrogens with zero attached hydrogens (tertiary/aromatic N) is 4. The first-order valence-corrected chi connectivity index (χ1v) is 5.47. The van der Waals surface area contributed by atoms with Crippen molar-refractivity contribution in [1.82, 2.24) is 19.2 Å². The molecule has 0 saturated heterocycles. The highest BCUT2D eigenvalue weighted by Gasteiger charge is 2.04. The molecule has 2 N–H and O–H groups in total. The van der Waals surface area contributed by atoms with Gasteiger partial charge in [0, 0.05) is 24.3 Å². The van der Waals surface area contributed by atoms with Gasteiger partial charge in [-0.15, -0.1) is 0 Å². The van der Waals surface area contributed by atoms with Crippen LogP contribution in [0.2, 0.25) is 0 Å². The molecular formula is C12H11N5O. The monoisotopic (exact) mass is 241 g/mol. The Balaban J connectivity index is 2.05. The summed E-state index contributed by atoms with van der Waals surface area (Å²) in [6.45, 7) is 0.394. The van der Waals surface area contributed by atoms with Gasteiger partial charge in [0.1, 0.15) is 5.52 Å². The van der Waals surface area contributed by atoms with Gasteiger partial charge in [0.2, 0.25) is 0 Å². The molecule has 3 aromatic heterocycles. The van der Waals surface area contributed by atoms with E-state index in [0.717, 1.165) is 5.69 Å². The Morgan fingerprint density at radius 2 is 2.11 bits per heavy atom. The second kappa shape index (κ2) is 3.99. The van der Waals surface area contributed by atoms with Crippen molar-refractivity contribution in [2.24, 2.45) is 0 Å². The topological polar surface area (TPSA) is 78.2 Å². The van der Waals surface area contributed by atoms with Gasteiger partial charge in [0.05, 0.1) is 18.4 Å². The van der Waals surface area contributed by atoms with Crippen LogP contribution in [-0.2, 0) is 6.54 Å². The third-order valence-electron chi connectivity index (χ3n) is 2.71. The van der Waals surface area contributed by atoms with Gasteiger partial charge >= 0.3 is 0 Å². The lowest BCUT2D eigenvalue weighted by molar-refractivity contribution is 0.726. The van der Waals surface area contributed by atoms with E-state index in [4.69, 9.17) is 5.73 Å². The lowest BCUT2D eigenvalue weighted by atomic mass is 10.3. The summed E-state index contributed by atoms with van der Waals surface area (Å²) >= 11 is 0. The molecule has 6 heteroatoms. The van der Waals surface area contributed by atoms with Gasteiger partial charge in [0.15, 0.2) is 0 Å². The Morgan fingerprint density at radius 1 is 1.22 bits per heavy atom. The van der Waals surface area contributed by atoms with Crippen molar-refractivity contribution >= 4 is 11.2 Å². The predicted molar refractivity (Wildman–Crippen MR) is 67.2 cm³/mol. The summed E-state index contributed by atoms with van der Waals surface area (Å²) in [5.41, 5.74) is 7.52. The van der Waals surface area contributed by atoms with E-state index >= 15 is 0 Å². The number of fused-ring (bicyclic) bond motifs is 1. The molecule has 0 radical (unpaired) electrons. The lowest BCUT2D eigenvalue weighted by Gasteiger charge is -2.06. The summed E-state index contributed by atoms with van der Waals surface area (Å²) in [6.07, 6.45) is 6.66. The van der Waals surface area contributed by atoms with Gasteiger partial charge in [-0.3, -0.25) is 9.78 Å². The standard InChI is InChI=1S/C12H11N5O/c13-9-1-3-14-10(7-9)8-16-5-6-17-11(12(16)18)2-4-15-17/h1-7H,8H2,(H2,13,14). The molecule has 0 atom stereocenters. The normalized spacial score (nSPS) is 10.9. The summed E-state index contributed by atoms with van der Waals surface area (Å²) in [6, 6.07) is 5.16. The number of pyridine rings is 1. The molecule has 0 aliphatic heterocycles. The number of rotatable bonds is 2. The van der Waals surface area contributed by atoms with E-state index in [1.165, 1.54) is 0 Å². The Hall–Kier alpha value is -2.63. The molecule has 0 spiro atoms. The lowest BCUT2D eigenvalue weighted by Crippen LogP contribution is -2.22. The first-order valence-electron chi connectivity index (χ1n) is 5.47. The molecule has 3 heterocycles. The maximum atomic E-state index is 12.1. The predicted octanol–water partition coefficient (Wildman–Crippen LogP) is 0.521. The van der Waals surface area contributed by atoms with E-state index in [0.29, 0.717) is 17.7 Å². The minimum absolute atomic E-state index is 0.0979. The van der Waals surface area contributed by atoms with E-state index in [1.54, 1.807) is 52.1 Å². The molecule has 90 valence electrons. The number of hydrogen-bond donors (Lipinski definition) is 1. The second-order valence-corrected chi connectivity index (χ2v) is 3.97. The van der Waals surface area contributed by atoms with E-state index in [9.17, 15) is 4.79 Å². The van der Waals surface area contributed by atoms with Crippen molar-refractivity contribution in [3.63, 3.8) is 0 Å². The molecule has 3 rings (SSSR count). The third kappa shape index (κ3) is 1.73. The molecule has 0 amide bonds. The maximum Gasteiger partial charge on any atom is 0.276 e. The molecule has 0 fully saturated rings. The zero-order valence-electron chi connectivity index (χ0n) is 9.52. The Labute approximate surface area is 102 Å². The summed E-state index contributed by atoms with van der Waals surface area (Å²) in [4.78, 5) is 16.3. The second-order valence-electron chi connectivity index (χ2n) is 3.97. The Kier molecular flexibility index (Phi) is 2.33. The molecule has 0 saturated carbocycles. The molecule has 0 unspecified atom stereocenters.